The summed E-state index contributed by atoms with van der Waals surface area (Å²) in [6.07, 6.45) is -1.07. The van der Waals surface area contributed by atoms with E-state index in [1.165, 1.54) is 36.4 Å². The van der Waals surface area contributed by atoms with E-state index in [2.05, 4.69) is 10.3 Å². The second kappa shape index (κ2) is 7.45. The molecule has 5 rings (SSSR count). The molecule has 1 aliphatic carbocycles. The van der Waals surface area contributed by atoms with Gasteiger partial charge in [-0.15, -0.1) is 5.10 Å². The van der Waals surface area contributed by atoms with Gasteiger partial charge in [0, 0.05) is 23.3 Å². The highest BCUT2D eigenvalue weighted by atomic mass is 19.1. The highest BCUT2D eigenvalue weighted by Crippen LogP contribution is 2.32. The Kier molecular flexibility index (Phi) is 4.56. The summed E-state index contributed by atoms with van der Waals surface area (Å²) in [5.41, 5.74) is 4.52. The zero-order chi connectivity index (χ0) is 23.3. The number of carbonyl (C=O) groups excluding carboxylic acids is 3. The molecular weight excluding hydrogens is 434 g/mol. The first-order chi connectivity index (χ1) is 15.8. The van der Waals surface area contributed by atoms with Crippen molar-refractivity contribution in [1.82, 2.24) is 15.0 Å². The fraction of sp³-hybridized carbons (Fsp3) is 0. The minimum atomic E-state index is -1.07. The van der Waals surface area contributed by atoms with Crippen molar-refractivity contribution in [2.45, 2.75) is 0 Å². The van der Waals surface area contributed by atoms with Crippen molar-refractivity contribution >= 4 is 17.7 Å². The number of hydrogen-bond donors (Lipinski definition) is 1. The number of carbonyl (C=O) groups is 3. The molecule has 33 heavy (non-hydrogen) atoms. The second-order valence-electron chi connectivity index (χ2n) is 7.14. The van der Waals surface area contributed by atoms with Crippen LogP contribution in [-0.4, -0.2) is 32.7 Å². The number of nitrogens with zero attached hydrogens (tertiary/aromatic N) is 3. The Morgan fingerprint density at radius 2 is 1.58 bits per heavy atom. The first-order valence-electron chi connectivity index (χ1n) is 9.56. The zero-order valence-corrected chi connectivity index (χ0v) is 16.6. The number of rotatable bonds is 3. The van der Waals surface area contributed by atoms with Crippen LogP contribution in [0.25, 0.3) is 16.8 Å². The molecule has 4 aromatic rings. The molecule has 0 saturated heterocycles. The van der Waals surface area contributed by atoms with Gasteiger partial charge in [0.25, 0.3) is 0 Å². The molecule has 1 amide bonds. The lowest BCUT2D eigenvalue weighted by Gasteiger charge is -2.15. The van der Waals surface area contributed by atoms with Gasteiger partial charge in [-0.05, 0) is 17.7 Å². The number of primary amides is 1. The third-order valence-corrected chi connectivity index (χ3v) is 5.13. The van der Waals surface area contributed by atoms with Crippen molar-refractivity contribution in [3.8, 4) is 22.6 Å². The van der Waals surface area contributed by atoms with Crippen LogP contribution in [0.1, 0.15) is 32.1 Å². The highest BCUT2D eigenvalue weighted by molar-refractivity contribution is 6.27. The number of benzene rings is 3. The van der Waals surface area contributed by atoms with E-state index >= 15 is 8.78 Å². The summed E-state index contributed by atoms with van der Waals surface area (Å²) in [6.45, 7) is 0. The van der Waals surface area contributed by atoms with Crippen LogP contribution in [0.3, 0.4) is 0 Å². The lowest BCUT2D eigenvalue weighted by atomic mass is 9.90. The normalized spacial score (nSPS) is 12.3. The van der Waals surface area contributed by atoms with Crippen molar-refractivity contribution in [2.75, 3.05) is 0 Å². The summed E-state index contributed by atoms with van der Waals surface area (Å²) < 4.78 is 35.8. The molecule has 2 N–H and O–H groups in total. The van der Waals surface area contributed by atoms with Crippen molar-refractivity contribution in [3.05, 3.63) is 94.8 Å². The fourth-order valence-electron chi connectivity index (χ4n) is 3.74. The molecule has 3 aromatic carbocycles. The molecule has 0 radical (unpaired) electrons. The number of amides is 1. The van der Waals surface area contributed by atoms with Crippen molar-refractivity contribution in [2.24, 2.45) is 5.73 Å². The Labute approximate surface area is 184 Å². The highest BCUT2D eigenvalue weighted by Gasteiger charge is 2.35. The Hall–Kier alpha value is -4.73. The van der Waals surface area contributed by atoms with Gasteiger partial charge in [-0.2, -0.15) is 0 Å². The first kappa shape index (κ1) is 20.2. The van der Waals surface area contributed by atoms with Gasteiger partial charge in [0.05, 0.1) is 11.3 Å². The number of ketones is 2. The average Bonchev–Trinajstić information content (AvgIpc) is 3.23. The third kappa shape index (κ3) is 3.24. The average molecular weight is 446 g/mol. The Balaban J connectivity index is 1.60. The van der Waals surface area contributed by atoms with Crippen molar-refractivity contribution < 1.29 is 27.9 Å². The first-order valence-corrected chi connectivity index (χ1v) is 9.56. The predicted octanol–water partition coefficient (Wildman–Crippen LogP) is 3.45. The van der Waals surface area contributed by atoms with Crippen LogP contribution < -0.4 is 10.5 Å². The largest absolute Gasteiger partial charge is 0.410 e. The zero-order valence-electron chi connectivity index (χ0n) is 16.6. The van der Waals surface area contributed by atoms with Gasteiger partial charge in [-0.25, -0.2) is 18.3 Å². The summed E-state index contributed by atoms with van der Waals surface area (Å²) in [6, 6.07) is 13.7. The summed E-state index contributed by atoms with van der Waals surface area (Å²) in [5, 5.41) is 7.58. The minimum absolute atomic E-state index is 0.0102. The van der Waals surface area contributed by atoms with Gasteiger partial charge < -0.3 is 10.5 Å². The van der Waals surface area contributed by atoms with Gasteiger partial charge in [-0.3, -0.25) is 9.59 Å². The SMILES string of the molecule is NC(=O)Oc1cccc(-c2c(F)cc(-n3nnc4c3C(=O)c3ccccc3C4=O)cc2F)c1. The van der Waals surface area contributed by atoms with E-state index in [0.29, 0.717) is 0 Å². The number of fused-ring (bicyclic) bond motifs is 2. The Bertz CT molecular complexity index is 1470. The van der Waals surface area contributed by atoms with Crippen molar-refractivity contribution in [3.63, 3.8) is 0 Å². The maximum atomic E-state index is 15.0. The molecule has 8 nitrogen and oxygen atoms in total. The number of ether oxygens (including phenoxy) is 1. The van der Waals surface area contributed by atoms with Gasteiger partial charge >= 0.3 is 6.09 Å². The molecule has 0 bridgehead atoms. The molecule has 0 atom stereocenters. The van der Waals surface area contributed by atoms with E-state index in [1.807, 2.05) is 0 Å². The second-order valence-corrected chi connectivity index (χ2v) is 7.14. The molecule has 10 heteroatoms. The van der Waals surface area contributed by atoms with Crippen LogP contribution in [0.2, 0.25) is 0 Å². The molecule has 1 aromatic heterocycles. The smallest absolute Gasteiger partial charge is 0.409 e. The number of halogens is 2. The van der Waals surface area contributed by atoms with E-state index in [-0.39, 0.29) is 39.5 Å². The molecule has 0 fully saturated rings. The molecule has 0 saturated carbocycles. The molecular formula is C23H12F2N4O4. The van der Waals surface area contributed by atoms with E-state index in [4.69, 9.17) is 10.5 Å². The Morgan fingerprint density at radius 3 is 2.24 bits per heavy atom. The molecule has 1 aliphatic rings. The lowest BCUT2D eigenvalue weighted by molar-refractivity contribution is 0.0972. The van der Waals surface area contributed by atoms with Crippen LogP contribution in [0, 0.1) is 11.6 Å². The number of nitrogens with two attached hydrogens (primary N) is 1. The fourth-order valence-corrected chi connectivity index (χ4v) is 3.74. The molecule has 0 unspecified atom stereocenters. The minimum Gasteiger partial charge on any atom is -0.410 e. The van der Waals surface area contributed by atoms with Gasteiger partial charge in [-0.1, -0.05) is 41.6 Å². The summed E-state index contributed by atoms with van der Waals surface area (Å²) >= 11 is 0. The summed E-state index contributed by atoms with van der Waals surface area (Å²) in [5.74, 6) is -2.97. The maximum Gasteiger partial charge on any atom is 0.409 e. The van der Waals surface area contributed by atoms with E-state index in [1.54, 1.807) is 12.1 Å². The van der Waals surface area contributed by atoms with E-state index in [0.717, 1.165) is 16.8 Å². The van der Waals surface area contributed by atoms with Gasteiger partial charge in [0.1, 0.15) is 23.1 Å². The molecule has 162 valence electrons. The molecule has 1 heterocycles. The molecule has 0 spiro atoms. The van der Waals surface area contributed by atoms with Crippen LogP contribution in [0.5, 0.6) is 5.75 Å². The monoisotopic (exact) mass is 446 g/mol. The van der Waals surface area contributed by atoms with E-state index < -0.39 is 34.9 Å². The van der Waals surface area contributed by atoms with Crippen LogP contribution in [0.15, 0.2) is 60.7 Å². The van der Waals surface area contributed by atoms with Gasteiger partial charge in [0.2, 0.25) is 11.6 Å². The summed E-state index contributed by atoms with van der Waals surface area (Å²) in [4.78, 5) is 36.7. The molecule has 0 aliphatic heterocycles. The van der Waals surface area contributed by atoms with Gasteiger partial charge in [0.15, 0.2) is 5.69 Å². The van der Waals surface area contributed by atoms with Crippen molar-refractivity contribution in [1.29, 1.82) is 0 Å². The van der Waals surface area contributed by atoms with Crippen LogP contribution in [-0.2, 0) is 0 Å². The van der Waals surface area contributed by atoms with Crippen LogP contribution >= 0.6 is 0 Å². The maximum absolute atomic E-state index is 15.0. The Morgan fingerprint density at radius 1 is 0.909 bits per heavy atom. The predicted molar refractivity (Wildman–Crippen MR) is 110 cm³/mol. The standard InChI is InChI=1S/C23H12F2N4O4/c24-16-9-12(10-17(25)18(16)11-4-3-5-13(8-11)33-23(26)32)29-20-19(27-28-29)21(30)14-6-1-2-7-15(14)22(20)31/h1-10H,(H2,26,32). The van der Waals surface area contributed by atoms with E-state index in [9.17, 15) is 14.4 Å². The lowest BCUT2D eigenvalue weighted by Crippen LogP contribution is -2.23. The van der Waals surface area contributed by atoms with Crippen LogP contribution in [0.4, 0.5) is 13.6 Å². The quantitative estimate of drug-likeness (QED) is 0.454. The topological polar surface area (TPSA) is 117 Å². The summed E-state index contributed by atoms with van der Waals surface area (Å²) in [7, 11) is 0. The number of aromatic nitrogens is 3. The third-order valence-electron chi connectivity index (χ3n) is 5.13. The number of hydrogen-bond acceptors (Lipinski definition) is 6.